The van der Waals surface area contributed by atoms with Crippen molar-refractivity contribution in [2.24, 2.45) is 0 Å². The summed E-state index contributed by atoms with van der Waals surface area (Å²) in [5, 5.41) is 9.58. The molecule has 0 spiro atoms. The first-order valence-corrected chi connectivity index (χ1v) is 26.1. The monoisotopic (exact) mass is 965 g/mol. The third-order valence-corrected chi connectivity index (χ3v) is 15.6. The maximum absolute atomic E-state index is 7.22. The molecule has 354 valence electrons. The second-order valence-electron chi connectivity index (χ2n) is 19.9. The molecule has 13 aromatic carbocycles. The van der Waals surface area contributed by atoms with E-state index >= 15 is 0 Å². The summed E-state index contributed by atoms with van der Waals surface area (Å²) in [4.78, 5) is 0. The van der Waals surface area contributed by atoms with Crippen molar-refractivity contribution in [1.29, 1.82) is 0 Å². The smallest absolute Gasteiger partial charge is 0.143 e. The van der Waals surface area contributed by atoms with Crippen LogP contribution in [0.4, 0.5) is 0 Å². The van der Waals surface area contributed by atoms with E-state index in [1.54, 1.807) is 0 Å². The molecular weight excluding hydrogens is 919 g/mol. The highest BCUT2D eigenvalue weighted by molar-refractivity contribution is 6.22. The van der Waals surface area contributed by atoms with Gasteiger partial charge in [-0.2, -0.15) is 0 Å². The molecule has 0 aliphatic carbocycles. The number of fused-ring (bicyclic) bond motifs is 8. The van der Waals surface area contributed by atoms with E-state index < -0.39 is 0 Å². The Morgan fingerprint density at radius 2 is 0.592 bits per heavy atom. The molecule has 0 saturated carbocycles. The Morgan fingerprint density at radius 3 is 1.16 bits per heavy atom. The number of furan rings is 1. The van der Waals surface area contributed by atoms with Crippen molar-refractivity contribution in [2.45, 2.75) is 0 Å². The van der Waals surface area contributed by atoms with Gasteiger partial charge in [-0.15, -0.1) is 0 Å². The first kappa shape index (κ1) is 43.6. The Labute approximate surface area is 440 Å². The molecule has 15 rings (SSSR count). The average molecular weight is 966 g/mol. The normalized spacial score (nSPS) is 11.7. The van der Waals surface area contributed by atoms with Crippen molar-refractivity contribution in [3.8, 4) is 83.6 Å². The van der Waals surface area contributed by atoms with Gasteiger partial charge in [-0.1, -0.05) is 224 Å². The third kappa shape index (κ3) is 7.18. The number of aromatic nitrogens is 1. The quantitative estimate of drug-likeness (QED) is 0.139. The molecule has 76 heavy (non-hydrogen) atoms. The van der Waals surface area contributed by atoms with E-state index in [1.807, 2.05) is 0 Å². The number of hydrogen-bond donors (Lipinski definition) is 0. The van der Waals surface area contributed by atoms with Crippen LogP contribution < -0.4 is 0 Å². The van der Waals surface area contributed by atoms with E-state index in [0.717, 1.165) is 77.6 Å². The van der Waals surface area contributed by atoms with E-state index in [-0.39, 0.29) is 0 Å². The Kier molecular flexibility index (Phi) is 10.2. The van der Waals surface area contributed by atoms with Crippen LogP contribution in [-0.2, 0) is 0 Å². The standard InChI is InChI=1S/C74H47NO/c1-6-20-48(21-7-1)56-44-63(51-24-10-3-11-25-51)73-67(46-56)68-47-57(49-22-8-2-9-23-49)45-64(74(68)76-73)55-37-41-70-65(43-55)59-30-18-19-33-69(59)75(70)58-38-34-50(35-39-58)54-36-40-62-66(42-54)72(53-28-14-5-15-29-53)61-32-17-16-31-60(61)71(62)52-26-12-4-13-27-52/h1-47H. The molecule has 2 nitrogen and oxygen atoms in total. The summed E-state index contributed by atoms with van der Waals surface area (Å²) in [6.45, 7) is 0. The lowest BCUT2D eigenvalue weighted by Crippen LogP contribution is -1.94. The van der Waals surface area contributed by atoms with E-state index in [4.69, 9.17) is 4.42 Å². The third-order valence-electron chi connectivity index (χ3n) is 15.6. The van der Waals surface area contributed by atoms with Crippen LogP contribution in [0.25, 0.3) is 149 Å². The molecule has 0 fully saturated rings. The molecule has 0 amide bonds. The molecule has 0 saturated heterocycles. The van der Waals surface area contributed by atoms with Crippen LogP contribution in [0.2, 0.25) is 0 Å². The lowest BCUT2D eigenvalue weighted by molar-refractivity contribution is 0.671. The van der Waals surface area contributed by atoms with E-state index in [9.17, 15) is 0 Å². The van der Waals surface area contributed by atoms with Crippen LogP contribution in [0.15, 0.2) is 290 Å². The van der Waals surface area contributed by atoms with Gasteiger partial charge in [0.15, 0.2) is 0 Å². The first-order valence-electron chi connectivity index (χ1n) is 26.1. The molecule has 2 aromatic heterocycles. The molecule has 0 unspecified atom stereocenters. The lowest BCUT2D eigenvalue weighted by atomic mass is 9.85. The number of benzene rings is 13. The van der Waals surface area contributed by atoms with Crippen molar-refractivity contribution < 1.29 is 4.42 Å². The Bertz CT molecular complexity index is 4690. The van der Waals surface area contributed by atoms with Gasteiger partial charge in [0.25, 0.3) is 0 Å². The molecule has 15 aromatic rings. The first-order chi connectivity index (χ1) is 37.7. The zero-order chi connectivity index (χ0) is 50.1. The molecule has 2 heterocycles. The largest absolute Gasteiger partial charge is 0.455 e. The Hall–Kier alpha value is -10.0. The van der Waals surface area contributed by atoms with Crippen LogP contribution in [0, 0.1) is 0 Å². The zero-order valence-electron chi connectivity index (χ0n) is 41.5. The second kappa shape index (κ2) is 17.9. The summed E-state index contributed by atoms with van der Waals surface area (Å²) in [7, 11) is 0. The minimum absolute atomic E-state index is 0.879. The van der Waals surface area contributed by atoms with E-state index in [0.29, 0.717) is 0 Å². The topological polar surface area (TPSA) is 18.1 Å². The van der Waals surface area contributed by atoms with Crippen molar-refractivity contribution in [1.82, 2.24) is 4.57 Å². The maximum atomic E-state index is 7.22. The van der Waals surface area contributed by atoms with Gasteiger partial charge in [0, 0.05) is 38.4 Å². The summed E-state index contributed by atoms with van der Waals surface area (Å²) >= 11 is 0. The van der Waals surface area contributed by atoms with Crippen molar-refractivity contribution in [3.63, 3.8) is 0 Å². The number of nitrogens with zero attached hydrogens (tertiary/aromatic N) is 1. The second-order valence-corrected chi connectivity index (χ2v) is 19.9. The fraction of sp³-hybridized carbons (Fsp3) is 0. The molecule has 0 radical (unpaired) electrons. The highest BCUT2D eigenvalue weighted by Crippen LogP contribution is 2.47. The molecule has 0 N–H and O–H groups in total. The molecule has 0 aliphatic rings. The predicted molar refractivity (Wildman–Crippen MR) is 321 cm³/mol. The van der Waals surface area contributed by atoms with Crippen molar-refractivity contribution in [2.75, 3.05) is 0 Å². The summed E-state index contributed by atoms with van der Waals surface area (Å²) < 4.78 is 9.63. The van der Waals surface area contributed by atoms with Gasteiger partial charge in [-0.3, -0.25) is 0 Å². The van der Waals surface area contributed by atoms with Gasteiger partial charge in [-0.25, -0.2) is 0 Å². The predicted octanol–water partition coefficient (Wildman–Crippen LogP) is 20.7. The van der Waals surface area contributed by atoms with Crippen LogP contribution >= 0.6 is 0 Å². The van der Waals surface area contributed by atoms with Crippen LogP contribution in [0.1, 0.15) is 0 Å². The summed E-state index contributed by atoms with van der Waals surface area (Å²) in [5.41, 5.74) is 21.5. The lowest BCUT2D eigenvalue weighted by Gasteiger charge is -2.19. The molecule has 0 bridgehead atoms. The molecule has 2 heteroatoms. The summed E-state index contributed by atoms with van der Waals surface area (Å²) in [6.07, 6.45) is 0. The fourth-order valence-corrected chi connectivity index (χ4v) is 12.0. The minimum Gasteiger partial charge on any atom is -0.455 e. The van der Waals surface area contributed by atoms with E-state index in [2.05, 4.69) is 290 Å². The summed E-state index contributed by atoms with van der Waals surface area (Å²) in [5.74, 6) is 0. The highest BCUT2D eigenvalue weighted by atomic mass is 16.3. The number of hydrogen-bond acceptors (Lipinski definition) is 1. The molecule has 0 atom stereocenters. The van der Waals surface area contributed by atoms with E-state index in [1.165, 1.54) is 71.3 Å². The average Bonchev–Trinajstić information content (AvgIpc) is 4.05. The Morgan fingerprint density at radius 1 is 0.211 bits per heavy atom. The van der Waals surface area contributed by atoms with Gasteiger partial charge in [0.1, 0.15) is 11.2 Å². The van der Waals surface area contributed by atoms with Gasteiger partial charge < -0.3 is 8.98 Å². The number of rotatable bonds is 8. The van der Waals surface area contributed by atoms with Gasteiger partial charge in [-0.05, 0) is 149 Å². The van der Waals surface area contributed by atoms with Crippen molar-refractivity contribution in [3.05, 3.63) is 285 Å². The highest BCUT2D eigenvalue weighted by Gasteiger charge is 2.22. The van der Waals surface area contributed by atoms with Crippen LogP contribution in [0.3, 0.4) is 0 Å². The fourth-order valence-electron chi connectivity index (χ4n) is 12.0. The Balaban J connectivity index is 0.885. The SMILES string of the molecule is c1ccc(-c2cc(-c3ccccc3)c3oc4c(-c5ccc6c(c5)c5ccccc5n6-c5ccc(-c6ccc7c(-c8ccccc8)c8ccccc8c(-c8ccccc8)c7c6)cc5)cc(-c5ccccc5)cc4c3c2)cc1. The van der Waals surface area contributed by atoms with Crippen LogP contribution in [-0.4, -0.2) is 4.57 Å². The van der Waals surface area contributed by atoms with Gasteiger partial charge in [0.2, 0.25) is 0 Å². The minimum atomic E-state index is 0.879. The molecule has 0 aliphatic heterocycles. The number of para-hydroxylation sites is 1. The zero-order valence-corrected chi connectivity index (χ0v) is 41.5. The van der Waals surface area contributed by atoms with Crippen molar-refractivity contribution >= 4 is 65.3 Å². The van der Waals surface area contributed by atoms with Crippen LogP contribution in [0.5, 0.6) is 0 Å². The van der Waals surface area contributed by atoms with Gasteiger partial charge in [0.05, 0.1) is 11.0 Å². The molecular formula is C74H47NO. The summed E-state index contributed by atoms with van der Waals surface area (Å²) in [6, 6.07) is 104. The maximum Gasteiger partial charge on any atom is 0.143 e. The van der Waals surface area contributed by atoms with Gasteiger partial charge >= 0.3 is 0 Å².